The van der Waals surface area contributed by atoms with Crippen LogP contribution < -0.4 is 4.74 Å². The van der Waals surface area contributed by atoms with E-state index in [1.807, 2.05) is 0 Å². The molecule has 90 valence electrons. The fraction of sp³-hybridized carbons (Fsp3) is 0.0667. The van der Waals surface area contributed by atoms with Gasteiger partial charge in [-0.2, -0.15) is 0 Å². The number of rotatable bonds is 3. The van der Waals surface area contributed by atoms with E-state index in [9.17, 15) is 9.50 Å². The highest BCUT2D eigenvalue weighted by Crippen LogP contribution is 2.26. The van der Waals surface area contributed by atoms with Gasteiger partial charge in [-0.1, -0.05) is 30.2 Å². The van der Waals surface area contributed by atoms with Crippen molar-refractivity contribution in [2.24, 2.45) is 0 Å². The lowest BCUT2D eigenvalue weighted by Crippen LogP contribution is -1.94. The molecule has 1 N–H and O–H groups in total. The van der Waals surface area contributed by atoms with E-state index in [4.69, 9.17) is 11.2 Å². The lowest BCUT2D eigenvalue weighted by atomic mass is 10.1. The molecule has 0 radical (unpaired) electrons. The number of halogens is 1. The van der Waals surface area contributed by atoms with Crippen molar-refractivity contribution in [3.63, 3.8) is 0 Å². The van der Waals surface area contributed by atoms with Crippen LogP contribution in [-0.4, -0.2) is 5.11 Å². The third-order valence-corrected chi connectivity index (χ3v) is 2.40. The Kier molecular flexibility index (Phi) is 3.61. The first-order chi connectivity index (χ1) is 8.70. The summed E-state index contributed by atoms with van der Waals surface area (Å²) >= 11 is 0. The maximum absolute atomic E-state index is 13.4. The molecular weight excluding hydrogens is 231 g/mol. The number of aliphatic hydroxyl groups excluding tert-OH is 1. The lowest BCUT2D eigenvalue weighted by Gasteiger charge is -2.09. The second-order valence-electron chi connectivity index (χ2n) is 3.67. The van der Waals surface area contributed by atoms with Gasteiger partial charge in [-0.15, -0.1) is 6.42 Å². The van der Waals surface area contributed by atoms with E-state index in [1.165, 1.54) is 12.1 Å². The SMILES string of the molecule is C#CC(O)c1cccc(Oc2ccccc2F)c1. The normalized spacial score (nSPS) is 11.6. The van der Waals surface area contributed by atoms with Gasteiger partial charge < -0.3 is 9.84 Å². The molecule has 0 bridgehead atoms. The fourth-order valence-corrected chi connectivity index (χ4v) is 1.50. The molecular formula is C15H11FO2. The summed E-state index contributed by atoms with van der Waals surface area (Å²) in [5.41, 5.74) is 0.534. The minimum atomic E-state index is -0.992. The Hall–Kier alpha value is -2.31. The van der Waals surface area contributed by atoms with Gasteiger partial charge in [-0.25, -0.2) is 4.39 Å². The predicted molar refractivity (Wildman–Crippen MR) is 66.7 cm³/mol. The molecule has 18 heavy (non-hydrogen) atoms. The number of terminal acetylenes is 1. The Balaban J connectivity index is 2.26. The minimum Gasteiger partial charge on any atom is -0.454 e. The lowest BCUT2D eigenvalue weighted by molar-refractivity contribution is 0.238. The molecule has 0 amide bonds. The summed E-state index contributed by atoms with van der Waals surface area (Å²) in [6, 6.07) is 12.7. The summed E-state index contributed by atoms with van der Waals surface area (Å²) in [6.07, 6.45) is 4.14. The molecule has 0 aliphatic heterocycles. The van der Waals surface area contributed by atoms with Crippen LogP contribution >= 0.6 is 0 Å². The Bertz CT molecular complexity index is 587. The number of para-hydroxylation sites is 1. The van der Waals surface area contributed by atoms with E-state index < -0.39 is 11.9 Å². The zero-order chi connectivity index (χ0) is 13.0. The van der Waals surface area contributed by atoms with Crippen LogP contribution in [0.15, 0.2) is 48.5 Å². The number of benzene rings is 2. The van der Waals surface area contributed by atoms with E-state index in [2.05, 4.69) is 5.92 Å². The topological polar surface area (TPSA) is 29.5 Å². The van der Waals surface area contributed by atoms with E-state index in [0.717, 1.165) is 0 Å². The van der Waals surface area contributed by atoms with Crippen molar-refractivity contribution >= 4 is 0 Å². The Morgan fingerprint density at radius 1 is 1.17 bits per heavy atom. The molecule has 0 saturated heterocycles. The first kappa shape index (κ1) is 12.2. The first-order valence-electron chi connectivity index (χ1n) is 5.37. The molecule has 0 saturated carbocycles. The molecule has 0 spiro atoms. The van der Waals surface area contributed by atoms with Crippen molar-refractivity contribution < 1.29 is 14.2 Å². The van der Waals surface area contributed by atoms with Crippen LogP contribution in [0.25, 0.3) is 0 Å². The second kappa shape index (κ2) is 5.35. The van der Waals surface area contributed by atoms with Crippen molar-refractivity contribution in [2.75, 3.05) is 0 Å². The second-order valence-corrected chi connectivity index (χ2v) is 3.67. The highest BCUT2D eigenvalue weighted by molar-refractivity contribution is 5.36. The van der Waals surface area contributed by atoms with Crippen LogP contribution in [0.2, 0.25) is 0 Å². The van der Waals surface area contributed by atoms with Crippen LogP contribution in [0.3, 0.4) is 0 Å². The molecule has 1 unspecified atom stereocenters. The Morgan fingerprint density at radius 2 is 1.94 bits per heavy atom. The average Bonchev–Trinajstić information content (AvgIpc) is 2.41. The average molecular weight is 242 g/mol. The minimum absolute atomic E-state index is 0.129. The van der Waals surface area contributed by atoms with E-state index in [1.54, 1.807) is 36.4 Å². The molecule has 2 nitrogen and oxygen atoms in total. The van der Waals surface area contributed by atoms with Crippen LogP contribution in [0.5, 0.6) is 11.5 Å². The van der Waals surface area contributed by atoms with Crippen molar-refractivity contribution in [1.29, 1.82) is 0 Å². The van der Waals surface area contributed by atoms with E-state index >= 15 is 0 Å². The van der Waals surface area contributed by atoms with Crippen molar-refractivity contribution in [3.05, 3.63) is 59.9 Å². The summed E-state index contributed by atoms with van der Waals surface area (Å²) in [4.78, 5) is 0. The van der Waals surface area contributed by atoms with Crippen LogP contribution in [-0.2, 0) is 0 Å². The molecule has 0 aliphatic carbocycles. The summed E-state index contributed by atoms with van der Waals surface area (Å²) in [5, 5.41) is 9.51. The maximum Gasteiger partial charge on any atom is 0.165 e. The molecule has 0 heterocycles. The zero-order valence-corrected chi connectivity index (χ0v) is 9.51. The number of aliphatic hydroxyl groups is 1. The number of ether oxygens (including phenoxy) is 1. The number of hydrogen-bond donors (Lipinski definition) is 1. The van der Waals surface area contributed by atoms with Gasteiger partial charge in [0.2, 0.25) is 0 Å². The Labute approximate surface area is 105 Å². The summed E-state index contributed by atoms with van der Waals surface area (Å²) in [5.74, 6) is 2.32. The van der Waals surface area contributed by atoms with Crippen molar-refractivity contribution in [3.8, 4) is 23.8 Å². The van der Waals surface area contributed by atoms with Gasteiger partial charge in [0.15, 0.2) is 11.6 Å². The summed E-state index contributed by atoms with van der Waals surface area (Å²) in [7, 11) is 0. The predicted octanol–water partition coefficient (Wildman–Crippen LogP) is 3.28. The summed E-state index contributed by atoms with van der Waals surface area (Å²) in [6.45, 7) is 0. The molecule has 2 aromatic rings. The first-order valence-corrected chi connectivity index (χ1v) is 5.37. The van der Waals surface area contributed by atoms with E-state index in [0.29, 0.717) is 11.3 Å². The smallest absolute Gasteiger partial charge is 0.165 e. The third-order valence-electron chi connectivity index (χ3n) is 2.40. The van der Waals surface area contributed by atoms with Crippen LogP contribution in [0.4, 0.5) is 4.39 Å². The molecule has 3 heteroatoms. The van der Waals surface area contributed by atoms with Crippen LogP contribution in [0.1, 0.15) is 11.7 Å². The molecule has 0 fully saturated rings. The van der Waals surface area contributed by atoms with Crippen molar-refractivity contribution in [2.45, 2.75) is 6.10 Å². The molecule has 2 aromatic carbocycles. The van der Waals surface area contributed by atoms with E-state index in [-0.39, 0.29) is 5.75 Å². The Morgan fingerprint density at radius 3 is 2.67 bits per heavy atom. The van der Waals surface area contributed by atoms with Gasteiger partial charge >= 0.3 is 0 Å². The quantitative estimate of drug-likeness (QED) is 0.837. The van der Waals surface area contributed by atoms with Gasteiger partial charge in [-0.3, -0.25) is 0 Å². The number of hydrogen-bond acceptors (Lipinski definition) is 2. The molecule has 2 rings (SSSR count). The molecule has 0 aromatic heterocycles. The van der Waals surface area contributed by atoms with Gasteiger partial charge in [0.25, 0.3) is 0 Å². The van der Waals surface area contributed by atoms with Gasteiger partial charge in [-0.05, 0) is 29.8 Å². The monoisotopic (exact) mass is 242 g/mol. The van der Waals surface area contributed by atoms with Crippen LogP contribution in [0, 0.1) is 18.2 Å². The highest BCUT2D eigenvalue weighted by Gasteiger charge is 2.07. The van der Waals surface area contributed by atoms with Gasteiger partial charge in [0, 0.05) is 0 Å². The van der Waals surface area contributed by atoms with Gasteiger partial charge in [0.1, 0.15) is 11.9 Å². The highest BCUT2D eigenvalue weighted by atomic mass is 19.1. The third kappa shape index (κ3) is 2.68. The van der Waals surface area contributed by atoms with Gasteiger partial charge in [0.05, 0.1) is 0 Å². The molecule has 0 aliphatic rings. The zero-order valence-electron chi connectivity index (χ0n) is 9.51. The molecule has 1 atom stereocenters. The standard InChI is InChI=1S/C15H11FO2/c1-2-14(17)11-6-5-7-12(10-11)18-15-9-4-3-8-13(15)16/h1,3-10,14,17H. The largest absolute Gasteiger partial charge is 0.454 e. The maximum atomic E-state index is 13.4. The fourth-order valence-electron chi connectivity index (χ4n) is 1.50. The van der Waals surface area contributed by atoms with Crippen molar-refractivity contribution in [1.82, 2.24) is 0 Å². The summed E-state index contributed by atoms with van der Waals surface area (Å²) < 4.78 is 18.8.